The molecule has 2 N–H and O–H groups in total. The van der Waals surface area contributed by atoms with Crippen molar-refractivity contribution >= 4 is 17.2 Å². The second-order valence-electron chi connectivity index (χ2n) is 4.52. The largest absolute Gasteiger partial charge is 0.490 e. The van der Waals surface area contributed by atoms with E-state index in [-0.39, 0.29) is 29.0 Å². The summed E-state index contributed by atoms with van der Waals surface area (Å²) in [4.78, 5) is -0.126. The average Bonchev–Trinajstić information content (AvgIpc) is 2.88. The number of alkyl halides is 3. The summed E-state index contributed by atoms with van der Waals surface area (Å²) in [7, 11) is 0. The number of hydrogen-bond acceptors (Lipinski definition) is 3. The van der Waals surface area contributed by atoms with Crippen LogP contribution in [0.15, 0.2) is 18.2 Å². The van der Waals surface area contributed by atoms with Crippen molar-refractivity contribution < 1.29 is 22.6 Å². The lowest BCUT2D eigenvalue weighted by Crippen LogP contribution is -2.19. The summed E-state index contributed by atoms with van der Waals surface area (Å²) < 4.78 is 48.8. The molecule has 0 amide bonds. The summed E-state index contributed by atoms with van der Waals surface area (Å²) in [6.45, 7) is 0.962. The van der Waals surface area contributed by atoms with Crippen LogP contribution in [0, 0.1) is 0 Å². The van der Waals surface area contributed by atoms with Gasteiger partial charge in [-0.25, -0.2) is 0 Å². The highest BCUT2D eigenvalue weighted by Crippen LogP contribution is 2.32. The Hall–Kier alpha value is -1.34. The minimum atomic E-state index is -4.44. The van der Waals surface area contributed by atoms with E-state index in [0.29, 0.717) is 6.61 Å². The van der Waals surface area contributed by atoms with E-state index in [0.717, 1.165) is 25.0 Å². The smallest absolute Gasteiger partial charge is 0.416 e. The van der Waals surface area contributed by atoms with Crippen molar-refractivity contribution in [2.24, 2.45) is 5.73 Å². The van der Waals surface area contributed by atoms with Crippen LogP contribution in [-0.2, 0) is 10.9 Å². The Bertz CT molecular complexity index is 499. The van der Waals surface area contributed by atoms with Crippen molar-refractivity contribution in [3.8, 4) is 5.75 Å². The molecule has 1 aliphatic rings. The molecule has 0 aliphatic carbocycles. The summed E-state index contributed by atoms with van der Waals surface area (Å²) in [5.74, 6) is 0.251. The number of halogens is 3. The predicted octanol–water partition coefficient (Wildman–Crippen LogP) is 2.90. The van der Waals surface area contributed by atoms with Gasteiger partial charge in [0, 0.05) is 6.61 Å². The molecule has 0 saturated carbocycles. The van der Waals surface area contributed by atoms with E-state index in [1.807, 2.05) is 0 Å². The molecule has 1 atom stereocenters. The molecule has 0 bridgehead atoms. The van der Waals surface area contributed by atoms with E-state index < -0.39 is 11.7 Å². The van der Waals surface area contributed by atoms with Gasteiger partial charge in [-0.05, 0) is 31.0 Å². The number of benzene rings is 1. The van der Waals surface area contributed by atoms with Crippen LogP contribution in [-0.4, -0.2) is 24.3 Å². The van der Waals surface area contributed by atoms with Crippen molar-refractivity contribution in [1.82, 2.24) is 0 Å². The zero-order valence-corrected chi connectivity index (χ0v) is 11.4. The molecule has 0 spiro atoms. The summed E-state index contributed by atoms with van der Waals surface area (Å²) in [5, 5.41) is 0. The Kier molecular flexibility index (Phi) is 4.49. The fourth-order valence-corrected chi connectivity index (χ4v) is 2.14. The van der Waals surface area contributed by atoms with Crippen LogP contribution in [0.1, 0.15) is 24.0 Å². The van der Waals surface area contributed by atoms with Crippen LogP contribution in [0.2, 0.25) is 0 Å². The van der Waals surface area contributed by atoms with Crippen LogP contribution < -0.4 is 10.5 Å². The molecule has 1 aliphatic heterocycles. The fourth-order valence-electron chi connectivity index (χ4n) is 1.98. The lowest BCUT2D eigenvalue weighted by Gasteiger charge is -2.16. The third kappa shape index (κ3) is 3.61. The molecule has 7 heteroatoms. The first-order valence-corrected chi connectivity index (χ1v) is 6.54. The molecular weight excluding hydrogens is 291 g/mol. The quantitative estimate of drug-likeness (QED) is 0.869. The molecule has 1 saturated heterocycles. The Morgan fingerprint density at radius 3 is 2.75 bits per heavy atom. The lowest BCUT2D eigenvalue weighted by atomic mass is 10.1. The zero-order chi connectivity index (χ0) is 14.8. The van der Waals surface area contributed by atoms with Gasteiger partial charge < -0.3 is 15.2 Å². The average molecular weight is 305 g/mol. The summed E-state index contributed by atoms with van der Waals surface area (Å²) >= 11 is 4.78. The summed E-state index contributed by atoms with van der Waals surface area (Å²) in [5.41, 5.74) is 4.75. The van der Waals surface area contributed by atoms with Gasteiger partial charge in [0.25, 0.3) is 0 Å². The number of ether oxygens (including phenoxy) is 2. The third-order valence-electron chi connectivity index (χ3n) is 3.02. The standard InChI is InChI=1S/C13H14F3NO2S/c14-13(15,16)8-3-4-11(10(6-8)12(17)20)19-7-9-2-1-5-18-9/h3-4,6,9H,1-2,5,7H2,(H2,17,20). The van der Waals surface area contributed by atoms with Crippen molar-refractivity contribution in [3.05, 3.63) is 29.3 Å². The van der Waals surface area contributed by atoms with E-state index in [9.17, 15) is 13.2 Å². The topological polar surface area (TPSA) is 44.5 Å². The molecular formula is C13H14F3NO2S. The second-order valence-corrected chi connectivity index (χ2v) is 4.96. The maximum atomic E-state index is 12.6. The van der Waals surface area contributed by atoms with Crippen LogP contribution in [0.5, 0.6) is 5.75 Å². The van der Waals surface area contributed by atoms with Gasteiger partial charge in [-0.15, -0.1) is 0 Å². The molecule has 1 fully saturated rings. The number of rotatable bonds is 4. The van der Waals surface area contributed by atoms with E-state index in [1.54, 1.807) is 0 Å². The number of nitrogens with two attached hydrogens (primary N) is 1. The van der Waals surface area contributed by atoms with Gasteiger partial charge in [-0.3, -0.25) is 0 Å². The first-order chi connectivity index (χ1) is 9.38. The Morgan fingerprint density at radius 1 is 1.45 bits per heavy atom. The minimum absolute atomic E-state index is 0.0310. The van der Waals surface area contributed by atoms with Gasteiger partial charge in [0.15, 0.2) is 0 Å². The molecule has 0 radical (unpaired) electrons. The molecule has 3 nitrogen and oxygen atoms in total. The van der Waals surface area contributed by atoms with Crippen LogP contribution in [0.3, 0.4) is 0 Å². The van der Waals surface area contributed by atoms with Crippen molar-refractivity contribution in [2.45, 2.75) is 25.1 Å². The maximum Gasteiger partial charge on any atom is 0.416 e. The summed E-state index contributed by atoms with van der Waals surface area (Å²) in [6, 6.07) is 3.10. The fraction of sp³-hybridized carbons (Fsp3) is 0.462. The van der Waals surface area contributed by atoms with Gasteiger partial charge in [-0.1, -0.05) is 12.2 Å². The first-order valence-electron chi connectivity index (χ1n) is 6.13. The molecule has 2 rings (SSSR count). The van der Waals surface area contributed by atoms with Crippen LogP contribution in [0.25, 0.3) is 0 Å². The highest BCUT2D eigenvalue weighted by molar-refractivity contribution is 7.80. The maximum absolute atomic E-state index is 12.6. The van der Waals surface area contributed by atoms with Crippen molar-refractivity contribution in [3.63, 3.8) is 0 Å². The predicted molar refractivity (Wildman–Crippen MR) is 71.8 cm³/mol. The zero-order valence-electron chi connectivity index (χ0n) is 10.6. The number of hydrogen-bond donors (Lipinski definition) is 1. The molecule has 1 unspecified atom stereocenters. The molecule has 1 aromatic rings. The normalized spacial score (nSPS) is 19.1. The van der Waals surface area contributed by atoms with Crippen molar-refractivity contribution in [1.29, 1.82) is 0 Å². The van der Waals surface area contributed by atoms with E-state index in [1.165, 1.54) is 6.07 Å². The summed E-state index contributed by atoms with van der Waals surface area (Å²) in [6.07, 6.45) is -2.63. The SMILES string of the molecule is NC(=S)c1cc(C(F)(F)F)ccc1OCC1CCCO1. The first kappa shape index (κ1) is 15.1. The van der Waals surface area contributed by atoms with Gasteiger partial charge in [0.05, 0.1) is 17.2 Å². The molecule has 0 aromatic heterocycles. The molecule has 1 heterocycles. The lowest BCUT2D eigenvalue weighted by molar-refractivity contribution is -0.137. The Balaban J connectivity index is 2.17. The van der Waals surface area contributed by atoms with Gasteiger partial charge in [-0.2, -0.15) is 13.2 Å². The van der Waals surface area contributed by atoms with Gasteiger partial charge in [0.2, 0.25) is 0 Å². The van der Waals surface area contributed by atoms with Gasteiger partial charge in [0.1, 0.15) is 17.3 Å². The van der Waals surface area contributed by atoms with Crippen molar-refractivity contribution in [2.75, 3.05) is 13.2 Å². The van der Waals surface area contributed by atoms with Crippen LogP contribution >= 0.6 is 12.2 Å². The monoisotopic (exact) mass is 305 g/mol. The Morgan fingerprint density at radius 2 is 2.20 bits per heavy atom. The van der Waals surface area contributed by atoms with E-state index in [4.69, 9.17) is 27.4 Å². The molecule has 110 valence electrons. The highest BCUT2D eigenvalue weighted by atomic mass is 32.1. The highest BCUT2D eigenvalue weighted by Gasteiger charge is 2.31. The molecule has 20 heavy (non-hydrogen) atoms. The number of thiocarbonyl (C=S) groups is 1. The molecule has 1 aromatic carbocycles. The minimum Gasteiger partial charge on any atom is -0.490 e. The van der Waals surface area contributed by atoms with E-state index in [2.05, 4.69) is 0 Å². The van der Waals surface area contributed by atoms with Crippen LogP contribution in [0.4, 0.5) is 13.2 Å². The van der Waals surface area contributed by atoms with E-state index >= 15 is 0 Å². The van der Waals surface area contributed by atoms with Gasteiger partial charge >= 0.3 is 6.18 Å². The third-order valence-corrected chi connectivity index (χ3v) is 3.24. The Labute approximate surface area is 119 Å². The second kappa shape index (κ2) is 5.97.